The quantitative estimate of drug-likeness (QED) is 0.768. The number of hydrogen-bond acceptors (Lipinski definition) is 2. The van der Waals surface area contributed by atoms with Crippen molar-refractivity contribution in [2.45, 2.75) is 11.3 Å². The molecule has 0 saturated heterocycles. The minimum Gasteiger partial charge on any atom is -0.302 e. The first-order valence-corrected chi connectivity index (χ1v) is 4.90. The van der Waals surface area contributed by atoms with Crippen LogP contribution < -0.4 is 0 Å². The third-order valence-electron chi connectivity index (χ3n) is 1.47. The van der Waals surface area contributed by atoms with Crippen molar-refractivity contribution in [2.24, 2.45) is 0 Å². The number of rotatable bonds is 2. The van der Waals surface area contributed by atoms with E-state index in [0.29, 0.717) is 0 Å². The molecule has 0 aromatic heterocycles. The first kappa shape index (κ1) is 10.2. The molecule has 0 radical (unpaired) electrons. The van der Waals surface area contributed by atoms with Crippen molar-refractivity contribution in [1.29, 1.82) is 5.26 Å². The molecule has 1 unspecified atom stereocenters. The molecule has 0 aliphatic carbocycles. The van der Waals surface area contributed by atoms with Gasteiger partial charge >= 0.3 is 0 Å². The molecule has 1 aromatic rings. The second-order valence-electron chi connectivity index (χ2n) is 2.35. The smallest absolute Gasteiger partial charge is 0.188 e. The molecule has 0 aliphatic heterocycles. The summed E-state index contributed by atoms with van der Waals surface area (Å²) in [4.78, 5) is 0.170. The van der Waals surface area contributed by atoms with Gasteiger partial charge in [-0.1, -0.05) is 17.7 Å². The molecule has 1 rings (SSSR count). The second-order valence-corrected chi connectivity index (χ2v) is 3.69. The van der Waals surface area contributed by atoms with E-state index in [-0.39, 0.29) is 16.3 Å². The average Bonchev–Trinajstić information content (AvgIpc) is 2.04. The Labute approximate surface area is 83.2 Å². The van der Waals surface area contributed by atoms with Crippen molar-refractivity contribution in [3.63, 3.8) is 0 Å². The van der Waals surface area contributed by atoms with Gasteiger partial charge in [-0.2, -0.15) is 5.26 Å². The van der Waals surface area contributed by atoms with Crippen molar-refractivity contribution in [2.75, 3.05) is 0 Å². The number of benzene rings is 1. The molecule has 0 saturated carbocycles. The summed E-state index contributed by atoms with van der Waals surface area (Å²) in [5, 5.41) is 8.60. The third-order valence-corrected chi connectivity index (χ3v) is 2.62. The lowest BCUT2D eigenvalue weighted by molar-refractivity contribution is 0.564. The van der Waals surface area contributed by atoms with E-state index >= 15 is 0 Å². The molecule has 68 valence electrons. The molecule has 1 aromatic carbocycles. The molecule has 0 bridgehead atoms. The van der Waals surface area contributed by atoms with Crippen LogP contribution in [0, 0.1) is 11.3 Å². The summed E-state index contributed by atoms with van der Waals surface area (Å²) in [7, 11) is 0. The number of nitrogens with zero attached hydrogens (tertiary/aromatic N) is 1. The maximum absolute atomic E-state index is 10.7. The highest BCUT2D eigenvalue weighted by Crippen LogP contribution is 2.20. The van der Waals surface area contributed by atoms with E-state index in [2.05, 4.69) is 0 Å². The highest BCUT2D eigenvalue weighted by Gasteiger charge is 2.06. The Morgan fingerprint density at radius 3 is 2.77 bits per heavy atom. The van der Waals surface area contributed by atoms with Gasteiger partial charge in [0.05, 0.1) is 22.4 Å². The normalized spacial score (nSPS) is 12.1. The van der Waals surface area contributed by atoms with E-state index in [1.165, 1.54) is 12.1 Å². The van der Waals surface area contributed by atoms with Gasteiger partial charge in [-0.3, -0.25) is 0 Å². The zero-order valence-corrected chi connectivity index (χ0v) is 8.10. The number of nitriles is 1. The van der Waals surface area contributed by atoms with Crippen molar-refractivity contribution in [3.05, 3.63) is 28.8 Å². The van der Waals surface area contributed by atoms with Gasteiger partial charge in [0.15, 0.2) is 11.1 Å². The third kappa shape index (κ3) is 2.52. The summed E-state index contributed by atoms with van der Waals surface area (Å²) in [6.45, 7) is 0. The first-order valence-electron chi connectivity index (χ1n) is 3.41. The monoisotopic (exact) mass is 215 g/mol. The van der Waals surface area contributed by atoms with E-state index in [0.717, 1.165) is 5.56 Å². The van der Waals surface area contributed by atoms with Crippen molar-refractivity contribution in [1.82, 2.24) is 0 Å². The van der Waals surface area contributed by atoms with Gasteiger partial charge in [-0.25, -0.2) is 4.21 Å². The predicted octanol–water partition coefficient (Wildman–Crippen LogP) is 1.99. The van der Waals surface area contributed by atoms with Crippen molar-refractivity contribution >= 4 is 22.7 Å². The molecule has 5 heteroatoms. The fourth-order valence-corrected chi connectivity index (χ4v) is 1.70. The van der Waals surface area contributed by atoms with Crippen LogP contribution in [0.2, 0.25) is 5.02 Å². The minimum absolute atomic E-state index is 0.170. The van der Waals surface area contributed by atoms with Crippen molar-refractivity contribution < 1.29 is 8.76 Å². The summed E-state index contributed by atoms with van der Waals surface area (Å²) < 4.78 is 19.4. The Kier molecular flexibility index (Phi) is 3.43. The standard InChI is InChI=1S/C8H6ClNO2S/c9-7-5-6(3-4-10)1-2-8(7)13(11)12/h1-2,5H,3H2,(H,11,12). The van der Waals surface area contributed by atoms with Gasteiger partial charge in [0.2, 0.25) is 0 Å². The Morgan fingerprint density at radius 1 is 1.62 bits per heavy atom. The van der Waals surface area contributed by atoms with E-state index in [1.807, 2.05) is 6.07 Å². The molecule has 0 amide bonds. The van der Waals surface area contributed by atoms with Crippen LogP contribution in [0.4, 0.5) is 0 Å². The Hall–Kier alpha value is -0.890. The Bertz CT molecular complexity index is 386. The van der Waals surface area contributed by atoms with Crippen LogP contribution in [0.15, 0.2) is 23.1 Å². The van der Waals surface area contributed by atoms with Crippen LogP contribution in [0.5, 0.6) is 0 Å². The van der Waals surface area contributed by atoms with Gasteiger partial charge in [-0.15, -0.1) is 0 Å². The van der Waals surface area contributed by atoms with Crippen LogP contribution in [0.1, 0.15) is 5.56 Å². The summed E-state index contributed by atoms with van der Waals surface area (Å²) in [6, 6.07) is 6.54. The molecule has 1 N–H and O–H groups in total. The lowest BCUT2D eigenvalue weighted by Crippen LogP contribution is -1.91. The highest BCUT2D eigenvalue weighted by molar-refractivity contribution is 7.79. The molecule has 0 heterocycles. The highest BCUT2D eigenvalue weighted by atomic mass is 35.5. The molecule has 13 heavy (non-hydrogen) atoms. The molecular formula is C8H6ClNO2S. The SMILES string of the molecule is N#CCc1ccc(S(=O)O)c(Cl)c1. The molecule has 0 fully saturated rings. The van der Waals surface area contributed by atoms with Gasteiger partial charge in [0.25, 0.3) is 0 Å². The van der Waals surface area contributed by atoms with Crippen LogP contribution in [-0.2, 0) is 17.5 Å². The minimum atomic E-state index is -2.07. The van der Waals surface area contributed by atoms with E-state index < -0.39 is 11.1 Å². The van der Waals surface area contributed by atoms with E-state index in [9.17, 15) is 4.21 Å². The van der Waals surface area contributed by atoms with Gasteiger partial charge in [-0.05, 0) is 17.7 Å². The fourth-order valence-electron chi connectivity index (χ4n) is 0.887. The lowest BCUT2D eigenvalue weighted by Gasteiger charge is -2.00. The van der Waals surface area contributed by atoms with Gasteiger partial charge in [0, 0.05) is 0 Å². The second kappa shape index (κ2) is 4.38. The summed E-state index contributed by atoms with van der Waals surface area (Å²) in [6.07, 6.45) is 0.248. The zero-order chi connectivity index (χ0) is 9.84. The van der Waals surface area contributed by atoms with Crippen LogP contribution in [0.25, 0.3) is 0 Å². The lowest BCUT2D eigenvalue weighted by atomic mass is 10.2. The maximum atomic E-state index is 10.7. The Balaban J connectivity index is 3.07. The van der Waals surface area contributed by atoms with Crippen LogP contribution in [-0.4, -0.2) is 8.76 Å². The largest absolute Gasteiger partial charge is 0.302 e. The zero-order valence-electron chi connectivity index (χ0n) is 6.53. The molecule has 0 aliphatic rings. The van der Waals surface area contributed by atoms with Gasteiger partial charge in [0.1, 0.15) is 0 Å². The molecule has 3 nitrogen and oxygen atoms in total. The van der Waals surface area contributed by atoms with Gasteiger partial charge < -0.3 is 4.55 Å². The maximum Gasteiger partial charge on any atom is 0.188 e. The molecular weight excluding hydrogens is 210 g/mol. The number of hydrogen-bond donors (Lipinski definition) is 1. The van der Waals surface area contributed by atoms with Crippen LogP contribution in [0.3, 0.4) is 0 Å². The first-order chi connectivity index (χ1) is 6.15. The summed E-state index contributed by atoms with van der Waals surface area (Å²) in [5.74, 6) is 0. The fraction of sp³-hybridized carbons (Fsp3) is 0.125. The summed E-state index contributed by atoms with van der Waals surface area (Å²) in [5.41, 5.74) is 0.738. The predicted molar refractivity (Wildman–Crippen MR) is 49.8 cm³/mol. The van der Waals surface area contributed by atoms with Crippen LogP contribution >= 0.6 is 11.6 Å². The molecule has 1 atom stereocenters. The summed E-state index contributed by atoms with van der Waals surface area (Å²) >= 11 is 3.63. The van der Waals surface area contributed by atoms with E-state index in [4.69, 9.17) is 21.4 Å². The Morgan fingerprint density at radius 2 is 2.31 bits per heavy atom. The van der Waals surface area contributed by atoms with Crippen molar-refractivity contribution in [3.8, 4) is 6.07 Å². The average molecular weight is 216 g/mol. The topological polar surface area (TPSA) is 61.1 Å². The molecule has 0 spiro atoms. The van der Waals surface area contributed by atoms with E-state index in [1.54, 1.807) is 6.07 Å². The number of halogens is 1.